The molecule has 2 saturated heterocycles. The van der Waals surface area contributed by atoms with Crippen LogP contribution < -0.4 is 0 Å². The fourth-order valence-corrected chi connectivity index (χ4v) is 6.63. The molecule has 0 aromatic carbocycles. The first-order chi connectivity index (χ1) is 14.6. The minimum atomic E-state index is -3.02. The number of urea groups is 1. The van der Waals surface area contributed by atoms with Crippen LogP contribution in [0.25, 0.3) is 0 Å². The summed E-state index contributed by atoms with van der Waals surface area (Å²) in [6.07, 6.45) is 3.97. The van der Waals surface area contributed by atoms with Crippen LogP contribution in [-0.4, -0.2) is 82.0 Å². The smallest absolute Gasteiger partial charge is 0.284 e. The number of hydrogen-bond acceptors (Lipinski definition) is 7. The van der Waals surface area contributed by atoms with Crippen LogP contribution in [0.2, 0.25) is 0 Å². The number of carbonyl (C=O) groups is 3. The Kier molecular flexibility index (Phi) is 5.67. The lowest BCUT2D eigenvalue weighted by Gasteiger charge is -2.24. The van der Waals surface area contributed by atoms with Crippen molar-refractivity contribution in [3.8, 4) is 0 Å². The molecule has 0 unspecified atom stereocenters. The molecule has 1 aromatic rings. The second-order valence-electron chi connectivity index (χ2n) is 8.94. The molecule has 0 bridgehead atoms. The van der Waals surface area contributed by atoms with Crippen molar-refractivity contribution in [2.24, 2.45) is 0 Å². The molecule has 10 nitrogen and oxygen atoms in total. The summed E-state index contributed by atoms with van der Waals surface area (Å²) < 4.78 is 25.5. The van der Waals surface area contributed by atoms with Gasteiger partial charge in [0.25, 0.3) is 0 Å². The fourth-order valence-electron chi connectivity index (χ4n) is 4.94. The number of rotatable bonds is 6. The van der Waals surface area contributed by atoms with Crippen molar-refractivity contribution in [2.45, 2.75) is 64.6 Å². The minimum Gasteiger partial charge on any atom is -0.284 e. The van der Waals surface area contributed by atoms with Crippen molar-refractivity contribution >= 4 is 27.7 Å². The molecule has 1 saturated carbocycles. The van der Waals surface area contributed by atoms with E-state index in [1.165, 1.54) is 0 Å². The van der Waals surface area contributed by atoms with Gasteiger partial charge in [0.15, 0.2) is 9.84 Å². The van der Waals surface area contributed by atoms with Gasteiger partial charge in [-0.25, -0.2) is 18.1 Å². The summed E-state index contributed by atoms with van der Waals surface area (Å²) in [6, 6.07) is -0.874. The number of imide groups is 2. The summed E-state index contributed by atoms with van der Waals surface area (Å²) in [5.74, 6) is -1.23. The standard InChI is InChI=1S/C20H29N5O5S/c1-13-17(14(2)25(21-13)16-8-9-31(29,30)11-16)10-22(3)12-23-18(26)19(27)24(20(23)28)15-6-4-5-7-15/h15-16H,4-12H2,1-3H3/t16-/m0/s1. The van der Waals surface area contributed by atoms with Crippen molar-refractivity contribution in [2.75, 3.05) is 25.2 Å². The average molecular weight is 452 g/mol. The first-order valence-electron chi connectivity index (χ1n) is 10.7. The Bertz CT molecular complexity index is 1030. The van der Waals surface area contributed by atoms with Gasteiger partial charge in [-0.2, -0.15) is 5.10 Å². The highest BCUT2D eigenvalue weighted by Gasteiger charge is 2.48. The van der Waals surface area contributed by atoms with Crippen LogP contribution in [0.15, 0.2) is 0 Å². The number of hydrogen-bond donors (Lipinski definition) is 0. The molecular weight excluding hydrogens is 422 g/mol. The van der Waals surface area contributed by atoms with Gasteiger partial charge in [-0.3, -0.25) is 24.1 Å². The van der Waals surface area contributed by atoms with Crippen LogP contribution in [0.3, 0.4) is 0 Å². The second kappa shape index (κ2) is 8.01. The maximum atomic E-state index is 12.8. The zero-order chi connectivity index (χ0) is 22.5. The highest BCUT2D eigenvalue weighted by atomic mass is 32.2. The summed E-state index contributed by atoms with van der Waals surface area (Å²) >= 11 is 0. The molecular formula is C20H29N5O5S. The van der Waals surface area contributed by atoms with E-state index in [9.17, 15) is 22.8 Å². The van der Waals surface area contributed by atoms with E-state index in [-0.39, 0.29) is 30.3 Å². The SMILES string of the molecule is Cc1nn([C@H]2CCS(=O)(=O)C2)c(C)c1CN(C)CN1C(=O)C(=O)N(C2CCCC2)C1=O. The van der Waals surface area contributed by atoms with E-state index < -0.39 is 27.7 Å². The van der Waals surface area contributed by atoms with Gasteiger partial charge in [0.1, 0.15) is 0 Å². The zero-order valence-corrected chi connectivity index (χ0v) is 19.0. The first kappa shape index (κ1) is 21.9. The van der Waals surface area contributed by atoms with Gasteiger partial charge >= 0.3 is 17.8 Å². The van der Waals surface area contributed by atoms with E-state index in [0.717, 1.165) is 52.4 Å². The quantitative estimate of drug-likeness (QED) is 0.468. The van der Waals surface area contributed by atoms with Crippen molar-refractivity contribution < 1.29 is 22.8 Å². The summed E-state index contributed by atoms with van der Waals surface area (Å²) in [7, 11) is -1.24. The largest absolute Gasteiger partial charge is 0.335 e. The Labute approximate surface area is 182 Å². The highest BCUT2D eigenvalue weighted by molar-refractivity contribution is 7.91. The van der Waals surface area contributed by atoms with E-state index in [2.05, 4.69) is 5.10 Å². The second-order valence-corrected chi connectivity index (χ2v) is 11.2. The number of carbonyl (C=O) groups excluding carboxylic acids is 3. The van der Waals surface area contributed by atoms with Gasteiger partial charge in [0.2, 0.25) is 0 Å². The topological polar surface area (TPSA) is 113 Å². The van der Waals surface area contributed by atoms with Gasteiger partial charge in [-0.1, -0.05) is 12.8 Å². The predicted octanol–water partition coefficient (Wildman–Crippen LogP) is 0.982. The van der Waals surface area contributed by atoms with Crippen molar-refractivity contribution in [3.63, 3.8) is 0 Å². The van der Waals surface area contributed by atoms with Crippen LogP contribution in [0.4, 0.5) is 4.79 Å². The van der Waals surface area contributed by atoms with Gasteiger partial charge in [-0.05, 0) is 40.2 Å². The summed E-state index contributed by atoms with van der Waals surface area (Å²) in [6.45, 7) is 4.21. The molecule has 0 spiro atoms. The third kappa shape index (κ3) is 4.00. The van der Waals surface area contributed by atoms with Gasteiger partial charge in [-0.15, -0.1) is 0 Å². The van der Waals surface area contributed by atoms with Crippen molar-refractivity contribution in [3.05, 3.63) is 17.0 Å². The molecule has 3 fully saturated rings. The van der Waals surface area contributed by atoms with Crippen LogP contribution in [0.1, 0.15) is 55.1 Å². The molecule has 1 aliphatic carbocycles. The third-order valence-corrected chi connectivity index (χ3v) is 8.36. The van der Waals surface area contributed by atoms with Gasteiger partial charge in [0.05, 0.1) is 29.9 Å². The summed E-state index contributed by atoms with van der Waals surface area (Å²) in [5, 5.41) is 4.56. The van der Waals surface area contributed by atoms with Crippen LogP contribution >= 0.6 is 0 Å². The Hall–Kier alpha value is -2.27. The molecule has 0 radical (unpaired) electrons. The summed E-state index contributed by atoms with van der Waals surface area (Å²) in [4.78, 5) is 41.6. The number of nitrogens with zero attached hydrogens (tertiary/aromatic N) is 5. The normalized spacial score (nSPS) is 24.4. The van der Waals surface area contributed by atoms with Gasteiger partial charge < -0.3 is 0 Å². The average Bonchev–Trinajstić information content (AvgIpc) is 3.44. The number of amides is 4. The molecule has 3 heterocycles. The lowest BCUT2D eigenvalue weighted by molar-refractivity contribution is -0.144. The minimum absolute atomic E-state index is 0.00843. The first-order valence-corrected chi connectivity index (χ1v) is 12.5. The Morgan fingerprint density at radius 2 is 1.71 bits per heavy atom. The van der Waals surface area contributed by atoms with E-state index in [4.69, 9.17) is 0 Å². The molecule has 170 valence electrons. The Morgan fingerprint density at radius 1 is 1.03 bits per heavy atom. The molecule has 11 heteroatoms. The van der Waals surface area contributed by atoms with Crippen molar-refractivity contribution in [1.29, 1.82) is 0 Å². The Morgan fingerprint density at radius 3 is 2.32 bits per heavy atom. The number of sulfone groups is 1. The van der Waals surface area contributed by atoms with E-state index in [1.807, 2.05) is 13.8 Å². The Balaban J connectivity index is 1.45. The molecule has 1 atom stereocenters. The lowest BCUT2D eigenvalue weighted by Crippen LogP contribution is -2.42. The van der Waals surface area contributed by atoms with Crippen LogP contribution in [-0.2, 0) is 26.0 Å². The van der Waals surface area contributed by atoms with Crippen molar-refractivity contribution in [1.82, 2.24) is 24.5 Å². The molecule has 0 N–H and O–H groups in total. The van der Waals surface area contributed by atoms with E-state index >= 15 is 0 Å². The maximum Gasteiger partial charge on any atom is 0.335 e. The van der Waals surface area contributed by atoms with E-state index in [0.29, 0.717) is 13.0 Å². The van der Waals surface area contributed by atoms with Crippen LogP contribution in [0, 0.1) is 13.8 Å². The lowest BCUT2D eigenvalue weighted by atomic mass is 10.2. The molecule has 4 rings (SSSR count). The molecule has 2 aliphatic heterocycles. The van der Waals surface area contributed by atoms with Gasteiger partial charge in [0, 0.05) is 23.8 Å². The number of aromatic nitrogens is 2. The fraction of sp³-hybridized carbons (Fsp3) is 0.700. The highest BCUT2D eigenvalue weighted by Crippen LogP contribution is 2.29. The molecule has 4 amide bonds. The number of aryl methyl sites for hydroxylation is 1. The molecule has 3 aliphatic rings. The predicted molar refractivity (Wildman–Crippen MR) is 112 cm³/mol. The van der Waals surface area contributed by atoms with Crippen LogP contribution in [0.5, 0.6) is 0 Å². The molecule has 1 aromatic heterocycles. The third-order valence-electron chi connectivity index (χ3n) is 6.61. The molecule has 31 heavy (non-hydrogen) atoms. The zero-order valence-electron chi connectivity index (χ0n) is 18.2. The van der Waals surface area contributed by atoms with E-state index in [1.54, 1.807) is 16.6 Å². The summed E-state index contributed by atoms with van der Waals surface area (Å²) in [5.41, 5.74) is 2.61. The monoisotopic (exact) mass is 451 g/mol. The maximum absolute atomic E-state index is 12.8.